The number of urea groups is 1. The van der Waals surface area contributed by atoms with Gasteiger partial charge in [0.1, 0.15) is 17.8 Å². The molecule has 1 fully saturated rings. The Labute approximate surface area is 267 Å². The van der Waals surface area contributed by atoms with Crippen molar-refractivity contribution in [2.24, 2.45) is 4.99 Å². The number of carbonyl (C=O) groups is 2. The van der Waals surface area contributed by atoms with Gasteiger partial charge in [-0.2, -0.15) is 4.99 Å². The maximum atomic E-state index is 13.2. The first-order chi connectivity index (χ1) is 21.7. The Hall–Kier alpha value is -4.85. The van der Waals surface area contributed by atoms with Crippen LogP contribution in [0.1, 0.15) is 44.7 Å². The predicted octanol–water partition coefficient (Wildman–Crippen LogP) is 7.05. The lowest BCUT2D eigenvalue weighted by molar-refractivity contribution is -0.274. The van der Waals surface area contributed by atoms with Crippen molar-refractivity contribution in [3.8, 4) is 28.6 Å². The van der Waals surface area contributed by atoms with Crippen LogP contribution in [0.4, 0.5) is 23.7 Å². The fraction of sp³-hybridized carbons (Fsp3) is 0.281. The van der Waals surface area contributed by atoms with Crippen molar-refractivity contribution >= 4 is 34.6 Å². The maximum Gasteiger partial charge on any atom is 0.573 e. The van der Waals surface area contributed by atoms with Crippen molar-refractivity contribution in [2.45, 2.75) is 45.5 Å². The Morgan fingerprint density at radius 3 is 2.33 bits per heavy atom. The second-order valence-corrected chi connectivity index (χ2v) is 12.1. The third-order valence-corrected chi connectivity index (χ3v) is 8.10. The van der Waals surface area contributed by atoms with Gasteiger partial charge >= 0.3 is 12.4 Å². The summed E-state index contributed by atoms with van der Waals surface area (Å²) < 4.78 is 48.1. The number of halogens is 3. The fourth-order valence-corrected chi connectivity index (χ4v) is 5.68. The van der Waals surface area contributed by atoms with Crippen LogP contribution in [0.25, 0.3) is 17.1 Å². The first-order valence-electron chi connectivity index (χ1n) is 14.2. The van der Waals surface area contributed by atoms with Gasteiger partial charge in [0.2, 0.25) is 5.91 Å². The van der Waals surface area contributed by atoms with Crippen LogP contribution < -0.4 is 19.7 Å². The first kappa shape index (κ1) is 32.5. The normalized spacial score (nSPS) is 14.7. The first-order valence-corrected chi connectivity index (χ1v) is 15.2. The molecule has 4 aromatic rings. The van der Waals surface area contributed by atoms with Crippen LogP contribution in [-0.4, -0.2) is 51.1 Å². The van der Waals surface area contributed by atoms with E-state index in [1.54, 1.807) is 25.3 Å². The third-order valence-electron chi connectivity index (χ3n) is 7.17. The summed E-state index contributed by atoms with van der Waals surface area (Å²) in [6.45, 7) is 7.72. The largest absolute Gasteiger partial charge is 0.573 e. The van der Waals surface area contributed by atoms with E-state index in [4.69, 9.17) is 4.74 Å². The number of hydrogen-bond donors (Lipinski definition) is 1. The van der Waals surface area contributed by atoms with E-state index in [2.05, 4.69) is 25.1 Å². The topological polar surface area (TPSA) is 111 Å². The van der Waals surface area contributed by atoms with Crippen molar-refractivity contribution in [3.05, 3.63) is 84.2 Å². The molecule has 0 atom stereocenters. The van der Waals surface area contributed by atoms with Crippen molar-refractivity contribution < 1.29 is 32.2 Å². The monoisotopic (exact) mass is 652 g/mol. The molecule has 1 N–H and O–H groups in total. The van der Waals surface area contributed by atoms with Crippen LogP contribution in [0.15, 0.2) is 78.0 Å². The summed E-state index contributed by atoms with van der Waals surface area (Å²) in [5.74, 6) is 0.759. The van der Waals surface area contributed by atoms with E-state index < -0.39 is 17.9 Å². The number of amides is 3. The summed E-state index contributed by atoms with van der Waals surface area (Å²) in [5.41, 5.74) is 2.71. The van der Waals surface area contributed by atoms with Gasteiger partial charge in [-0.05, 0) is 61.2 Å². The summed E-state index contributed by atoms with van der Waals surface area (Å²) >= 11 is 1.20. The predicted molar refractivity (Wildman–Crippen MR) is 169 cm³/mol. The van der Waals surface area contributed by atoms with Gasteiger partial charge < -0.3 is 14.8 Å². The van der Waals surface area contributed by atoms with E-state index in [9.17, 15) is 22.8 Å². The van der Waals surface area contributed by atoms with Gasteiger partial charge in [-0.25, -0.2) is 14.5 Å². The maximum absolute atomic E-state index is 13.2. The standard InChI is InChI=1S/C32H31F3N6O4S/c1-19(2)25-15-14-24(44-5)16-26(25)41-27(42)17-46-30(41)37-29(43)38-31(3,4)21-8-6-20(7-9-21)28-36-18-40(39-28)22-10-12-23(13-11-22)45-32(33,34)35/h6-16,18-19H,17H2,1-5H3,(H,38,43)/b37-30-. The zero-order chi connectivity index (χ0) is 33.2. The Balaban J connectivity index is 1.29. The number of aromatic nitrogens is 3. The van der Waals surface area contributed by atoms with Gasteiger partial charge in [0.25, 0.3) is 0 Å². The molecule has 0 aliphatic carbocycles. The molecule has 46 heavy (non-hydrogen) atoms. The number of benzene rings is 3. The summed E-state index contributed by atoms with van der Waals surface area (Å²) in [7, 11) is 1.55. The highest BCUT2D eigenvalue weighted by Crippen LogP contribution is 2.36. The fourth-order valence-electron chi connectivity index (χ4n) is 4.82. The summed E-state index contributed by atoms with van der Waals surface area (Å²) in [5, 5.41) is 7.65. The number of methoxy groups -OCH3 is 1. The van der Waals surface area contributed by atoms with Gasteiger partial charge in [-0.1, -0.05) is 55.9 Å². The minimum absolute atomic E-state index is 0.119. The molecule has 5 rings (SSSR count). The highest BCUT2D eigenvalue weighted by Gasteiger charge is 2.34. The molecule has 1 saturated heterocycles. The van der Waals surface area contributed by atoms with E-state index in [1.165, 1.54) is 51.9 Å². The minimum atomic E-state index is -4.77. The van der Waals surface area contributed by atoms with E-state index in [-0.39, 0.29) is 28.5 Å². The molecular formula is C32H31F3N6O4S. The molecule has 1 aromatic heterocycles. The van der Waals surface area contributed by atoms with E-state index in [0.29, 0.717) is 28.5 Å². The van der Waals surface area contributed by atoms with Crippen LogP contribution in [0.3, 0.4) is 0 Å². The molecule has 240 valence electrons. The van der Waals surface area contributed by atoms with Crippen LogP contribution in [0.5, 0.6) is 11.5 Å². The summed E-state index contributed by atoms with van der Waals surface area (Å²) in [4.78, 5) is 36.2. The lowest BCUT2D eigenvalue weighted by atomic mass is 9.93. The number of anilines is 1. The lowest BCUT2D eigenvalue weighted by Crippen LogP contribution is -2.40. The van der Waals surface area contributed by atoms with Gasteiger partial charge in [-0.15, -0.1) is 18.3 Å². The van der Waals surface area contributed by atoms with Crippen LogP contribution in [-0.2, 0) is 10.3 Å². The molecule has 0 radical (unpaired) electrons. The second kappa shape index (κ2) is 12.9. The van der Waals surface area contributed by atoms with Crippen LogP contribution in [0.2, 0.25) is 0 Å². The Bertz CT molecular complexity index is 1770. The summed E-state index contributed by atoms with van der Waals surface area (Å²) in [6.07, 6.45) is -3.32. The van der Waals surface area contributed by atoms with E-state index >= 15 is 0 Å². The quantitative estimate of drug-likeness (QED) is 0.217. The smallest absolute Gasteiger partial charge is 0.497 e. The number of carbonyl (C=O) groups excluding carboxylic acids is 2. The molecule has 0 saturated carbocycles. The number of thioether (sulfide) groups is 1. The van der Waals surface area contributed by atoms with E-state index in [1.807, 2.05) is 52.0 Å². The molecule has 3 amide bonds. The number of alkyl halides is 3. The van der Waals surface area contributed by atoms with Gasteiger partial charge in [0.05, 0.1) is 29.8 Å². The van der Waals surface area contributed by atoms with Crippen molar-refractivity contribution in [1.82, 2.24) is 20.1 Å². The number of rotatable bonds is 8. The number of nitrogens with zero attached hydrogens (tertiary/aromatic N) is 5. The van der Waals surface area contributed by atoms with E-state index in [0.717, 1.165) is 11.1 Å². The molecule has 10 nitrogen and oxygen atoms in total. The SMILES string of the molecule is COc1ccc(C(C)C)c(N2C(=O)CS/C2=N\C(=O)NC(C)(C)c2ccc(-c3ncn(-c4ccc(OC(F)(F)F)cc4)n3)cc2)c1. The highest BCUT2D eigenvalue weighted by molar-refractivity contribution is 8.15. The molecule has 3 aromatic carbocycles. The Kier molecular flexibility index (Phi) is 9.10. The van der Waals surface area contributed by atoms with Gasteiger partial charge in [0, 0.05) is 11.6 Å². The van der Waals surface area contributed by atoms with Crippen molar-refractivity contribution in [2.75, 3.05) is 17.8 Å². The number of ether oxygens (including phenoxy) is 2. The minimum Gasteiger partial charge on any atom is -0.497 e. The number of aliphatic imine (C=N–C) groups is 1. The molecule has 2 heterocycles. The van der Waals surface area contributed by atoms with Crippen LogP contribution >= 0.6 is 11.8 Å². The van der Waals surface area contributed by atoms with Crippen molar-refractivity contribution in [1.29, 1.82) is 0 Å². The summed E-state index contributed by atoms with van der Waals surface area (Å²) in [6, 6.07) is 17.5. The molecular weight excluding hydrogens is 621 g/mol. The molecule has 0 bridgehead atoms. The second-order valence-electron chi connectivity index (χ2n) is 11.2. The van der Waals surface area contributed by atoms with Gasteiger partial charge in [0.15, 0.2) is 11.0 Å². The molecule has 14 heteroatoms. The molecule has 0 spiro atoms. The number of nitrogens with one attached hydrogen (secondary N) is 1. The van der Waals surface area contributed by atoms with Gasteiger partial charge in [-0.3, -0.25) is 9.69 Å². The zero-order valence-electron chi connectivity index (χ0n) is 25.6. The highest BCUT2D eigenvalue weighted by atomic mass is 32.2. The molecule has 1 aliphatic heterocycles. The van der Waals surface area contributed by atoms with Crippen molar-refractivity contribution in [3.63, 3.8) is 0 Å². The Morgan fingerprint density at radius 1 is 1.02 bits per heavy atom. The lowest BCUT2D eigenvalue weighted by Gasteiger charge is -2.26. The number of amidine groups is 1. The third kappa shape index (κ3) is 7.33. The Morgan fingerprint density at radius 2 is 1.70 bits per heavy atom. The molecule has 0 unspecified atom stereocenters. The zero-order valence-corrected chi connectivity index (χ0v) is 26.4. The van der Waals surface area contributed by atoms with Crippen LogP contribution in [0, 0.1) is 0 Å². The average molecular weight is 653 g/mol. The molecule has 1 aliphatic rings. The average Bonchev–Trinajstić information content (AvgIpc) is 3.63. The number of hydrogen-bond acceptors (Lipinski definition) is 7.